The standard InChI is InChI=1S/C13H23N3/c1-13(2,3)15-9-7-5-6-8-12-14-10-11-16(12)4/h5-6,10-11,15H,7-9H2,1-4H3. The molecule has 1 aromatic heterocycles. The first-order chi connectivity index (χ1) is 7.49. The number of nitrogens with one attached hydrogen (secondary N) is 1. The first-order valence-electron chi connectivity index (χ1n) is 5.85. The summed E-state index contributed by atoms with van der Waals surface area (Å²) < 4.78 is 2.05. The molecule has 1 heterocycles. The summed E-state index contributed by atoms with van der Waals surface area (Å²) in [7, 11) is 2.03. The fourth-order valence-electron chi connectivity index (χ4n) is 1.43. The number of rotatable bonds is 5. The Morgan fingerprint density at radius 1 is 1.38 bits per heavy atom. The van der Waals surface area contributed by atoms with E-state index in [1.807, 2.05) is 19.4 Å². The van der Waals surface area contributed by atoms with E-state index in [1.54, 1.807) is 0 Å². The van der Waals surface area contributed by atoms with E-state index < -0.39 is 0 Å². The van der Waals surface area contributed by atoms with Crippen LogP contribution in [0.5, 0.6) is 0 Å². The minimum absolute atomic E-state index is 0.216. The fraction of sp³-hybridized carbons (Fsp3) is 0.615. The van der Waals surface area contributed by atoms with Crippen molar-refractivity contribution in [2.24, 2.45) is 7.05 Å². The van der Waals surface area contributed by atoms with Crippen LogP contribution in [0, 0.1) is 0 Å². The van der Waals surface area contributed by atoms with Crippen LogP contribution in [0.3, 0.4) is 0 Å². The summed E-state index contributed by atoms with van der Waals surface area (Å²) in [5.41, 5.74) is 0.216. The zero-order valence-electron chi connectivity index (χ0n) is 10.8. The molecular weight excluding hydrogens is 198 g/mol. The van der Waals surface area contributed by atoms with Gasteiger partial charge in [-0.05, 0) is 33.7 Å². The zero-order chi connectivity index (χ0) is 12.0. The van der Waals surface area contributed by atoms with Gasteiger partial charge in [-0.3, -0.25) is 0 Å². The molecule has 16 heavy (non-hydrogen) atoms. The number of hydrogen-bond donors (Lipinski definition) is 1. The van der Waals surface area contributed by atoms with Crippen LogP contribution in [0.15, 0.2) is 24.5 Å². The highest BCUT2D eigenvalue weighted by Crippen LogP contribution is 1.99. The molecule has 0 bridgehead atoms. The molecule has 0 atom stereocenters. The zero-order valence-corrected chi connectivity index (χ0v) is 10.8. The minimum atomic E-state index is 0.216. The van der Waals surface area contributed by atoms with Crippen molar-refractivity contribution in [2.75, 3.05) is 6.54 Å². The molecule has 0 aliphatic rings. The molecule has 3 heteroatoms. The molecule has 0 aliphatic carbocycles. The van der Waals surface area contributed by atoms with Crippen molar-refractivity contribution in [1.82, 2.24) is 14.9 Å². The number of aromatic nitrogens is 2. The summed E-state index contributed by atoms with van der Waals surface area (Å²) in [5, 5.41) is 3.45. The smallest absolute Gasteiger partial charge is 0.112 e. The summed E-state index contributed by atoms with van der Waals surface area (Å²) in [6, 6.07) is 0. The lowest BCUT2D eigenvalue weighted by Gasteiger charge is -2.19. The second-order valence-corrected chi connectivity index (χ2v) is 5.10. The van der Waals surface area contributed by atoms with Crippen molar-refractivity contribution < 1.29 is 0 Å². The van der Waals surface area contributed by atoms with E-state index >= 15 is 0 Å². The van der Waals surface area contributed by atoms with Crippen LogP contribution in [0.25, 0.3) is 0 Å². The largest absolute Gasteiger partial charge is 0.338 e. The van der Waals surface area contributed by atoms with E-state index in [9.17, 15) is 0 Å². The van der Waals surface area contributed by atoms with E-state index in [2.05, 4.69) is 47.8 Å². The molecule has 0 fully saturated rings. The molecule has 0 spiro atoms. The number of hydrogen-bond acceptors (Lipinski definition) is 2. The van der Waals surface area contributed by atoms with Gasteiger partial charge in [0.15, 0.2) is 0 Å². The number of imidazole rings is 1. The van der Waals surface area contributed by atoms with Gasteiger partial charge in [0.1, 0.15) is 5.82 Å². The summed E-state index contributed by atoms with van der Waals surface area (Å²) in [5.74, 6) is 1.11. The van der Waals surface area contributed by atoms with Crippen LogP contribution in [0.2, 0.25) is 0 Å². The number of allylic oxidation sites excluding steroid dienone is 1. The predicted molar refractivity (Wildman–Crippen MR) is 68.4 cm³/mol. The van der Waals surface area contributed by atoms with Gasteiger partial charge >= 0.3 is 0 Å². The Morgan fingerprint density at radius 2 is 2.12 bits per heavy atom. The highest BCUT2D eigenvalue weighted by Gasteiger charge is 2.06. The average Bonchev–Trinajstić information content (AvgIpc) is 2.56. The quantitative estimate of drug-likeness (QED) is 0.611. The summed E-state index contributed by atoms with van der Waals surface area (Å²) >= 11 is 0. The molecular formula is C13H23N3. The monoisotopic (exact) mass is 221 g/mol. The van der Waals surface area contributed by atoms with Gasteiger partial charge in [0.2, 0.25) is 0 Å². The maximum atomic E-state index is 4.27. The third-order valence-corrected chi connectivity index (χ3v) is 2.35. The Kier molecular flexibility index (Phi) is 4.74. The molecule has 1 rings (SSSR count). The van der Waals surface area contributed by atoms with Crippen molar-refractivity contribution in [3.63, 3.8) is 0 Å². The van der Waals surface area contributed by atoms with Gasteiger partial charge in [0.25, 0.3) is 0 Å². The van der Waals surface area contributed by atoms with Crippen LogP contribution >= 0.6 is 0 Å². The van der Waals surface area contributed by atoms with E-state index in [4.69, 9.17) is 0 Å². The second-order valence-electron chi connectivity index (χ2n) is 5.10. The van der Waals surface area contributed by atoms with Crippen molar-refractivity contribution in [3.05, 3.63) is 30.4 Å². The molecule has 0 saturated heterocycles. The first kappa shape index (κ1) is 13.0. The van der Waals surface area contributed by atoms with Gasteiger partial charge in [-0.2, -0.15) is 0 Å². The van der Waals surface area contributed by atoms with Gasteiger partial charge in [0, 0.05) is 31.4 Å². The summed E-state index contributed by atoms with van der Waals surface area (Å²) in [6.45, 7) is 7.58. The first-order valence-corrected chi connectivity index (χ1v) is 5.85. The molecule has 0 unspecified atom stereocenters. The van der Waals surface area contributed by atoms with Gasteiger partial charge in [-0.25, -0.2) is 4.98 Å². The van der Waals surface area contributed by atoms with Crippen LogP contribution in [0.4, 0.5) is 0 Å². The highest BCUT2D eigenvalue weighted by molar-refractivity contribution is 4.99. The van der Waals surface area contributed by atoms with E-state index in [0.717, 1.165) is 25.2 Å². The Hall–Kier alpha value is -1.09. The maximum Gasteiger partial charge on any atom is 0.112 e. The van der Waals surface area contributed by atoms with Gasteiger partial charge in [-0.15, -0.1) is 0 Å². The van der Waals surface area contributed by atoms with Gasteiger partial charge in [0.05, 0.1) is 0 Å². The average molecular weight is 221 g/mol. The Labute approximate surface area is 98.6 Å². The van der Waals surface area contributed by atoms with Crippen LogP contribution in [-0.2, 0) is 13.5 Å². The molecule has 0 aromatic carbocycles. The minimum Gasteiger partial charge on any atom is -0.338 e. The number of nitrogens with zero attached hydrogens (tertiary/aromatic N) is 2. The van der Waals surface area contributed by atoms with Crippen LogP contribution in [0.1, 0.15) is 33.0 Å². The Morgan fingerprint density at radius 3 is 2.69 bits per heavy atom. The maximum absolute atomic E-state index is 4.27. The van der Waals surface area contributed by atoms with E-state index in [0.29, 0.717) is 0 Å². The van der Waals surface area contributed by atoms with Gasteiger partial charge < -0.3 is 9.88 Å². The lowest BCUT2D eigenvalue weighted by Crippen LogP contribution is -2.36. The molecule has 3 nitrogen and oxygen atoms in total. The molecule has 90 valence electrons. The molecule has 0 radical (unpaired) electrons. The molecule has 0 amide bonds. The third-order valence-electron chi connectivity index (χ3n) is 2.35. The summed E-state index contributed by atoms with van der Waals surface area (Å²) in [6.07, 6.45) is 10.2. The third kappa shape index (κ3) is 5.12. The molecule has 1 N–H and O–H groups in total. The topological polar surface area (TPSA) is 29.9 Å². The van der Waals surface area contributed by atoms with E-state index in [-0.39, 0.29) is 5.54 Å². The molecule has 0 saturated carbocycles. The fourth-order valence-corrected chi connectivity index (χ4v) is 1.43. The van der Waals surface area contributed by atoms with Crippen molar-refractivity contribution in [2.45, 2.75) is 39.2 Å². The van der Waals surface area contributed by atoms with E-state index in [1.165, 1.54) is 0 Å². The lowest BCUT2D eigenvalue weighted by atomic mass is 10.1. The molecule has 1 aromatic rings. The SMILES string of the molecule is Cn1ccnc1CC=CCCNC(C)(C)C. The van der Waals surface area contributed by atoms with Crippen LogP contribution in [-0.4, -0.2) is 21.6 Å². The van der Waals surface area contributed by atoms with Gasteiger partial charge in [-0.1, -0.05) is 12.2 Å². The second kappa shape index (κ2) is 5.85. The molecule has 0 aliphatic heterocycles. The lowest BCUT2D eigenvalue weighted by molar-refractivity contribution is 0.431. The predicted octanol–water partition coefficient (Wildman–Crippen LogP) is 2.30. The highest BCUT2D eigenvalue weighted by atomic mass is 15.0. The summed E-state index contributed by atoms with van der Waals surface area (Å²) in [4.78, 5) is 4.27. The van der Waals surface area contributed by atoms with Crippen molar-refractivity contribution >= 4 is 0 Å². The van der Waals surface area contributed by atoms with Crippen LogP contribution < -0.4 is 5.32 Å². The van der Waals surface area contributed by atoms with Crippen molar-refractivity contribution in [1.29, 1.82) is 0 Å². The number of aryl methyl sites for hydroxylation is 1. The normalized spacial score (nSPS) is 12.5. The Bertz CT molecular complexity index is 331. The van der Waals surface area contributed by atoms with Crippen molar-refractivity contribution in [3.8, 4) is 0 Å². The Balaban J connectivity index is 2.17.